The number of amides is 1. The number of carbonyl (C=O) groups excluding carboxylic acids is 1. The Morgan fingerprint density at radius 1 is 1.38 bits per heavy atom. The molecule has 1 aliphatic rings. The summed E-state index contributed by atoms with van der Waals surface area (Å²) in [5, 5.41) is 6.43. The van der Waals surface area contributed by atoms with Crippen molar-refractivity contribution in [3.05, 3.63) is 0 Å². The van der Waals surface area contributed by atoms with Gasteiger partial charge in [-0.1, -0.05) is 13.8 Å². The van der Waals surface area contributed by atoms with Crippen molar-refractivity contribution in [3.63, 3.8) is 0 Å². The summed E-state index contributed by atoms with van der Waals surface area (Å²) in [4.78, 5) is 11.5. The lowest BCUT2D eigenvalue weighted by molar-refractivity contribution is -0.121. The van der Waals surface area contributed by atoms with E-state index in [1.807, 2.05) is 6.92 Å². The van der Waals surface area contributed by atoms with Gasteiger partial charge < -0.3 is 10.6 Å². The van der Waals surface area contributed by atoms with E-state index in [2.05, 4.69) is 31.4 Å². The fraction of sp³-hybridized carbons (Fsp3) is 0.923. The van der Waals surface area contributed by atoms with Crippen LogP contribution in [-0.4, -0.2) is 24.5 Å². The highest BCUT2D eigenvalue weighted by atomic mass is 16.1. The Hall–Kier alpha value is -0.570. The van der Waals surface area contributed by atoms with E-state index < -0.39 is 0 Å². The lowest BCUT2D eigenvalue weighted by Crippen LogP contribution is -2.38. The second kappa shape index (κ2) is 5.67. The quantitative estimate of drug-likeness (QED) is 0.698. The molecule has 0 spiro atoms. The number of nitrogens with one attached hydrogen (secondary N) is 2. The van der Waals surface area contributed by atoms with E-state index in [0.717, 1.165) is 13.0 Å². The minimum absolute atomic E-state index is 0.162. The van der Waals surface area contributed by atoms with Crippen LogP contribution in [0.2, 0.25) is 0 Å². The van der Waals surface area contributed by atoms with Gasteiger partial charge in [0.05, 0.1) is 0 Å². The highest BCUT2D eigenvalue weighted by Gasteiger charge is 2.42. The summed E-state index contributed by atoms with van der Waals surface area (Å²) in [7, 11) is 0. The highest BCUT2D eigenvalue weighted by Crippen LogP contribution is 2.47. The first kappa shape index (κ1) is 13.5. The minimum Gasteiger partial charge on any atom is -0.354 e. The van der Waals surface area contributed by atoms with Gasteiger partial charge in [0.25, 0.3) is 0 Å². The Morgan fingerprint density at radius 3 is 2.50 bits per heavy atom. The second-order valence-electron chi connectivity index (χ2n) is 5.46. The molecule has 0 bridgehead atoms. The largest absolute Gasteiger partial charge is 0.354 e. The first-order chi connectivity index (χ1) is 7.48. The van der Waals surface area contributed by atoms with E-state index in [-0.39, 0.29) is 5.91 Å². The fourth-order valence-electron chi connectivity index (χ4n) is 1.73. The summed E-state index contributed by atoms with van der Waals surface area (Å²) in [6.07, 6.45) is 4.22. The molecule has 1 amide bonds. The van der Waals surface area contributed by atoms with E-state index in [4.69, 9.17) is 0 Å². The molecule has 2 atom stereocenters. The Kier molecular flexibility index (Phi) is 4.78. The molecule has 0 radical (unpaired) electrons. The van der Waals surface area contributed by atoms with Crippen LogP contribution < -0.4 is 10.6 Å². The first-order valence-electron chi connectivity index (χ1n) is 6.50. The van der Waals surface area contributed by atoms with Gasteiger partial charge in [0.15, 0.2) is 0 Å². The predicted octanol–water partition coefficient (Wildman–Crippen LogP) is 2.07. The average molecular weight is 226 g/mol. The standard InChI is InChI=1S/C13H26N2O/c1-5-10(2)15-12(16)6-9-14-11(3)13(4)7-8-13/h10-11,14H,5-9H2,1-4H3,(H,15,16). The van der Waals surface area contributed by atoms with E-state index in [1.54, 1.807) is 0 Å². The van der Waals surface area contributed by atoms with Gasteiger partial charge >= 0.3 is 0 Å². The maximum absolute atomic E-state index is 11.5. The van der Waals surface area contributed by atoms with Crippen molar-refractivity contribution in [1.29, 1.82) is 0 Å². The van der Waals surface area contributed by atoms with Crippen LogP contribution >= 0.6 is 0 Å². The van der Waals surface area contributed by atoms with Crippen LogP contribution in [0.3, 0.4) is 0 Å². The van der Waals surface area contributed by atoms with Gasteiger partial charge in [0, 0.05) is 25.0 Å². The lowest BCUT2D eigenvalue weighted by atomic mass is 10.0. The van der Waals surface area contributed by atoms with Gasteiger partial charge in [-0.05, 0) is 38.5 Å². The van der Waals surface area contributed by atoms with Crippen LogP contribution in [0.15, 0.2) is 0 Å². The molecule has 16 heavy (non-hydrogen) atoms. The third-order valence-electron chi connectivity index (χ3n) is 3.91. The molecule has 1 aliphatic carbocycles. The average Bonchev–Trinajstić information content (AvgIpc) is 2.97. The first-order valence-corrected chi connectivity index (χ1v) is 6.50. The van der Waals surface area contributed by atoms with Gasteiger partial charge in [0.2, 0.25) is 5.91 Å². The molecule has 0 aromatic carbocycles. The maximum atomic E-state index is 11.5. The summed E-state index contributed by atoms with van der Waals surface area (Å²) in [6.45, 7) is 9.45. The van der Waals surface area contributed by atoms with Crippen LogP contribution in [0.5, 0.6) is 0 Å². The van der Waals surface area contributed by atoms with Crippen molar-refractivity contribution < 1.29 is 4.79 Å². The number of carbonyl (C=O) groups is 1. The molecule has 0 heterocycles. The van der Waals surface area contributed by atoms with Crippen LogP contribution in [0, 0.1) is 5.41 Å². The smallest absolute Gasteiger partial charge is 0.221 e. The normalized spacial score (nSPS) is 21.2. The molecule has 1 rings (SSSR count). The lowest BCUT2D eigenvalue weighted by Gasteiger charge is -2.20. The predicted molar refractivity (Wildman–Crippen MR) is 67.3 cm³/mol. The summed E-state index contributed by atoms with van der Waals surface area (Å²) in [6, 6.07) is 0.828. The number of hydrogen-bond acceptors (Lipinski definition) is 2. The summed E-state index contributed by atoms with van der Waals surface area (Å²) in [5.74, 6) is 0.162. The number of rotatable bonds is 7. The molecule has 3 heteroatoms. The second-order valence-corrected chi connectivity index (χ2v) is 5.46. The molecular weight excluding hydrogens is 200 g/mol. The third kappa shape index (κ3) is 4.12. The summed E-state index contributed by atoms with van der Waals surface area (Å²) < 4.78 is 0. The Balaban J connectivity index is 2.08. The Labute approximate surface area is 99.4 Å². The SMILES string of the molecule is CCC(C)NC(=O)CCNC(C)C1(C)CC1. The van der Waals surface area contributed by atoms with Crippen molar-refractivity contribution in [2.24, 2.45) is 5.41 Å². The van der Waals surface area contributed by atoms with Gasteiger partial charge in [-0.25, -0.2) is 0 Å². The van der Waals surface area contributed by atoms with Crippen molar-refractivity contribution in [1.82, 2.24) is 10.6 Å². The summed E-state index contributed by atoms with van der Waals surface area (Å²) in [5.41, 5.74) is 0.493. The molecule has 1 fully saturated rings. The van der Waals surface area contributed by atoms with E-state index in [0.29, 0.717) is 23.9 Å². The van der Waals surface area contributed by atoms with E-state index in [1.165, 1.54) is 12.8 Å². The molecule has 3 nitrogen and oxygen atoms in total. The molecule has 0 aromatic heterocycles. The maximum Gasteiger partial charge on any atom is 0.221 e. The third-order valence-corrected chi connectivity index (χ3v) is 3.91. The molecule has 2 N–H and O–H groups in total. The zero-order valence-corrected chi connectivity index (χ0v) is 11.1. The zero-order valence-electron chi connectivity index (χ0n) is 11.1. The van der Waals surface area contributed by atoms with Gasteiger partial charge in [-0.15, -0.1) is 0 Å². The Bertz CT molecular complexity index is 236. The highest BCUT2D eigenvalue weighted by molar-refractivity contribution is 5.76. The van der Waals surface area contributed by atoms with Crippen LogP contribution in [0.1, 0.15) is 53.4 Å². The van der Waals surface area contributed by atoms with Gasteiger partial charge in [-0.3, -0.25) is 4.79 Å². The van der Waals surface area contributed by atoms with E-state index >= 15 is 0 Å². The fourth-order valence-corrected chi connectivity index (χ4v) is 1.73. The van der Waals surface area contributed by atoms with Crippen molar-refractivity contribution in [2.75, 3.05) is 6.54 Å². The van der Waals surface area contributed by atoms with Gasteiger partial charge in [-0.2, -0.15) is 0 Å². The van der Waals surface area contributed by atoms with E-state index in [9.17, 15) is 4.79 Å². The van der Waals surface area contributed by atoms with Crippen LogP contribution in [0.4, 0.5) is 0 Å². The van der Waals surface area contributed by atoms with Crippen molar-refractivity contribution in [3.8, 4) is 0 Å². The molecule has 94 valence electrons. The molecule has 0 saturated heterocycles. The summed E-state index contributed by atoms with van der Waals surface area (Å²) >= 11 is 0. The van der Waals surface area contributed by atoms with Crippen molar-refractivity contribution >= 4 is 5.91 Å². The Morgan fingerprint density at radius 2 is 2.00 bits per heavy atom. The topological polar surface area (TPSA) is 41.1 Å². The van der Waals surface area contributed by atoms with Crippen molar-refractivity contribution in [2.45, 2.75) is 65.5 Å². The minimum atomic E-state index is 0.162. The molecular formula is C13H26N2O. The number of hydrogen-bond donors (Lipinski definition) is 2. The monoisotopic (exact) mass is 226 g/mol. The zero-order chi connectivity index (χ0) is 12.2. The molecule has 0 aromatic rings. The van der Waals surface area contributed by atoms with Crippen LogP contribution in [-0.2, 0) is 4.79 Å². The molecule has 1 saturated carbocycles. The molecule has 0 aliphatic heterocycles. The van der Waals surface area contributed by atoms with Gasteiger partial charge in [0.1, 0.15) is 0 Å². The molecule has 2 unspecified atom stereocenters. The van der Waals surface area contributed by atoms with Crippen LogP contribution in [0.25, 0.3) is 0 Å².